The molecular formula is C14H12O5. The summed E-state index contributed by atoms with van der Waals surface area (Å²) in [6, 6.07) is 7.59. The Kier molecular flexibility index (Phi) is 3.37. The molecule has 2 rings (SSSR count). The van der Waals surface area contributed by atoms with Crippen molar-refractivity contribution in [2.75, 3.05) is 7.11 Å². The lowest BCUT2D eigenvalue weighted by Gasteiger charge is -2.05. The Morgan fingerprint density at radius 2 is 1.84 bits per heavy atom. The zero-order valence-corrected chi connectivity index (χ0v) is 10.5. The molecule has 0 radical (unpaired) electrons. The Balaban J connectivity index is 2.35. The number of benzene rings is 1. The molecule has 2 aromatic rings. The highest BCUT2D eigenvalue weighted by atomic mass is 16.5. The second-order valence-electron chi connectivity index (χ2n) is 3.98. The number of carboxylic acid groups (broad SMARTS) is 1. The molecule has 0 aliphatic rings. The normalized spacial score (nSPS) is 10.2. The van der Waals surface area contributed by atoms with Gasteiger partial charge in [-0.25, -0.2) is 4.79 Å². The molecule has 1 aromatic heterocycles. The van der Waals surface area contributed by atoms with Crippen LogP contribution in [-0.4, -0.2) is 24.0 Å². The van der Waals surface area contributed by atoms with Gasteiger partial charge in [-0.2, -0.15) is 0 Å². The van der Waals surface area contributed by atoms with E-state index in [1.165, 1.54) is 19.2 Å². The summed E-state index contributed by atoms with van der Waals surface area (Å²) in [6.45, 7) is 1.86. The van der Waals surface area contributed by atoms with E-state index in [9.17, 15) is 9.59 Å². The van der Waals surface area contributed by atoms with Gasteiger partial charge >= 0.3 is 5.97 Å². The first kappa shape index (κ1) is 12.9. The molecule has 1 heterocycles. The summed E-state index contributed by atoms with van der Waals surface area (Å²) in [5.41, 5.74) is 1.29. The van der Waals surface area contributed by atoms with Gasteiger partial charge in [-0.3, -0.25) is 4.79 Å². The molecule has 0 saturated carbocycles. The molecule has 0 unspecified atom stereocenters. The number of furan rings is 1. The van der Waals surface area contributed by atoms with Crippen molar-refractivity contribution in [2.24, 2.45) is 0 Å². The second kappa shape index (κ2) is 4.97. The monoisotopic (exact) mass is 260 g/mol. The van der Waals surface area contributed by atoms with Crippen molar-refractivity contribution in [3.8, 4) is 5.75 Å². The zero-order chi connectivity index (χ0) is 14.0. The maximum atomic E-state index is 12.1. The van der Waals surface area contributed by atoms with E-state index < -0.39 is 5.97 Å². The molecule has 0 aliphatic carbocycles. The molecule has 98 valence electrons. The van der Waals surface area contributed by atoms with Crippen LogP contribution in [0.15, 0.2) is 34.7 Å². The van der Waals surface area contributed by atoms with Gasteiger partial charge in [0.15, 0.2) is 5.76 Å². The highest BCUT2D eigenvalue weighted by Gasteiger charge is 2.17. The quantitative estimate of drug-likeness (QED) is 0.855. The van der Waals surface area contributed by atoms with Gasteiger partial charge in [0.1, 0.15) is 5.75 Å². The summed E-state index contributed by atoms with van der Waals surface area (Å²) in [4.78, 5) is 22.8. The van der Waals surface area contributed by atoms with Crippen molar-refractivity contribution < 1.29 is 23.8 Å². The predicted octanol–water partition coefficient (Wildman–Crippen LogP) is 2.53. The van der Waals surface area contributed by atoms with Crippen LogP contribution in [0.25, 0.3) is 0 Å². The summed E-state index contributed by atoms with van der Waals surface area (Å²) < 4.78 is 10.1. The molecule has 0 spiro atoms. The molecule has 0 atom stereocenters. The minimum atomic E-state index is -1.21. The Morgan fingerprint density at radius 3 is 2.42 bits per heavy atom. The molecule has 0 amide bonds. The minimum absolute atomic E-state index is 0.0108. The third-order valence-electron chi connectivity index (χ3n) is 2.71. The first-order chi connectivity index (χ1) is 9.02. The van der Waals surface area contributed by atoms with Crippen LogP contribution in [0.1, 0.15) is 32.2 Å². The highest BCUT2D eigenvalue weighted by Crippen LogP contribution is 2.21. The molecule has 0 bridgehead atoms. The van der Waals surface area contributed by atoms with Gasteiger partial charge in [-0.1, -0.05) is 12.1 Å². The first-order valence-corrected chi connectivity index (χ1v) is 5.55. The number of aromatic carboxylic acids is 1. The number of hydrogen-bond acceptors (Lipinski definition) is 4. The van der Waals surface area contributed by atoms with Gasteiger partial charge in [0.2, 0.25) is 11.5 Å². The Labute approximate surface area is 109 Å². The van der Waals surface area contributed by atoms with Crippen LogP contribution in [0.3, 0.4) is 0 Å². The van der Waals surface area contributed by atoms with Crippen LogP contribution < -0.4 is 4.74 Å². The topological polar surface area (TPSA) is 76.7 Å². The largest absolute Gasteiger partial charge is 0.496 e. The first-order valence-electron chi connectivity index (χ1n) is 5.55. The molecule has 0 saturated heterocycles. The lowest BCUT2D eigenvalue weighted by molar-refractivity contribution is 0.0660. The van der Waals surface area contributed by atoms with E-state index in [-0.39, 0.29) is 17.3 Å². The summed E-state index contributed by atoms with van der Waals surface area (Å²) in [5.74, 6) is -1.27. The number of hydrogen-bond donors (Lipinski definition) is 1. The van der Waals surface area contributed by atoms with Crippen LogP contribution in [0.4, 0.5) is 0 Å². The SMILES string of the molecule is COc1cc(C(=O)c2ccc(C(=O)O)o2)ccc1C. The Morgan fingerprint density at radius 1 is 1.16 bits per heavy atom. The smallest absolute Gasteiger partial charge is 0.371 e. The second-order valence-corrected chi connectivity index (χ2v) is 3.98. The van der Waals surface area contributed by atoms with E-state index >= 15 is 0 Å². The number of ether oxygens (including phenoxy) is 1. The number of carboxylic acids is 1. The predicted molar refractivity (Wildman–Crippen MR) is 66.8 cm³/mol. The van der Waals surface area contributed by atoms with E-state index in [0.717, 1.165) is 5.56 Å². The number of carbonyl (C=O) groups is 2. The average molecular weight is 260 g/mol. The Bertz CT molecular complexity index is 639. The van der Waals surface area contributed by atoms with E-state index in [2.05, 4.69) is 0 Å². The number of ketones is 1. The maximum absolute atomic E-state index is 12.1. The fourth-order valence-corrected chi connectivity index (χ4v) is 1.68. The van der Waals surface area contributed by atoms with Crippen molar-refractivity contribution in [3.05, 3.63) is 53.0 Å². The lowest BCUT2D eigenvalue weighted by Crippen LogP contribution is -2.01. The highest BCUT2D eigenvalue weighted by molar-refractivity contribution is 6.07. The standard InChI is InChI=1S/C14H12O5/c1-8-3-4-9(7-12(8)18-2)13(15)10-5-6-11(19-10)14(16)17/h3-7H,1-2H3,(H,16,17). The average Bonchev–Trinajstić information content (AvgIpc) is 2.88. The number of rotatable bonds is 4. The molecule has 0 fully saturated rings. The van der Waals surface area contributed by atoms with Gasteiger partial charge in [-0.05, 0) is 30.7 Å². The van der Waals surface area contributed by atoms with Crippen LogP contribution in [0.2, 0.25) is 0 Å². The minimum Gasteiger partial charge on any atom is -0.496 e. The van der Waals surface area contributed by atoms with E-state index in [4.69, 9.17) is 14.3 Å². The summed E-state index contributed by atoms with van der Waals surface area (Å²) in [7, 11) is 1.52. The van der Waals surface area contributed by atoms with Crippen LogP contribution in [0, 0.1) is 6.92 Å². The fourth-order valence-electron chi connectivity index (χ4n) is 1.68. The molecule has 1 N–H and O–H groups in total. The van der Waals surface area contributed by atoms with Gasteiger partial charge in [0.05, 0.1) is 7.11 Å². The molecular weight excluding hydrogens is 248 g/mol. The fraction of sp³-hybridized carbons (Fsp3) is 0.143. The van der Waals surface area contributed by atoms with Gasteiger partial charge < -0.3 is 14.3 Å². The third-order valence-corrected chi connectivity index (χ3v) is 2.71. The molecule has 5 nitrogen and oxygen atoms in total. The van der Waals surface area contributed by atoms with Crippen LogP contribution in [-0.2, 0) is 0 Å². The lowest BCUT2D eigenvalue weighted by atomic mass is 10.1. The maximum Gasteiger partial charge on any atom is 0.371 e. The number of aryl methyl sites for hydroxylation is 1. The van der Waals surface area contributed by atoms with Crippen LogP contribution >= 0.6 is 0 Å². The van der Waals surface area contributed by atoms with E-state index in [1.54, 1.807) is 18.2 Å². The number of carbonyl (C=O) groups excluding carboxylic acids is 1. The third kappa shape index (κ3) is 2.49. The Hall–Kier alpha value is -2.56. The van der Waals surface area contributed by atoms with Gasteiger partial charge in [0, 0.05) is 5.56 Å². The van der Waals surface area contributed by atoms with Crippen molar-refractivity contribution in [2.45, 2.75) is 6.92 Å². The zero-order valence-electron chi connectivity index (χ0n) is 10.5. The summed E-state index contributed by atoms with van der Waals surface area (Å²) in [6.07, 6.45) is 0. The van der Waals surface area contributed by atoms with Gasteiger partial charge in [-0.15, -0.1) is 0 Å². The van der Waals surface area contributed by atoms with Crippen molar-refractivity contribution in [1.82, 2.24) is 0 Å². The molecule has 5 heteroatoms. The molecule has 1 aromatic carbocycles. The molecule has 19 heavy (non-hydrogen) atoms. The van der Waals surface area contributed by atoms with Crippen molar-refractivity contribution >= 4 is 11.8 Å². The summed E-state index contributed by atoms with van der Waals surface area (Å²) in [5, 5.41) is 8.74. The van der Waals surface area contributed by atoms with Crippen molar-refractivity contribution in [1.29, 1.82) is 0 Å². The molecule has 0 aliphatic heterocycles. The van der Waals surface area contributed by atoms with E-state index in [1.807, 2.05) is 6.92 Å². The summed E-state index contributed by atoms with van der Waals surface area (Å²) >= 11 is 0. The van der Waals surface area contributed by atoms with Gasteiger partial charge in [0.25, 0.3) is 0 Å². The van der Waals surface area contributed by atoms with E-state index in [0.29, 0.717) is 11.3 Å². The van der Waals surface area contributed by atoms with Crippen molar-refractivity contribution in [3.63, 3.8) is 0 Å². The van der Waals surface area contributed by atoms with Crippen LogP contribution in [0.5, 0.6) is 5.75 Å². The number of methoxy groups -OCH3 is 1.